The van der Waals surface area contributed by atoms with Crippen molar-refractivity contribution in [2.24, 2.45) is 5.92 Å². The van der Waals surface area contributed by atoms with Crippen LogP contribution < -0.4 is 4.74 Å². The molecule has 0 spiro atoms. The van der Waals surface area contributed by atoms with E-state index >= 15 is 0 Å². The molecular formula is C25H25NO4. The summed E-state index contributed by atoms with van der Waals surface area (Å²) in [5.74, 6) is -1.13. The minimum atomic E-state index is -1.75. The van der Waals surface area contributed by atoms with E-state index in [0.717, 1.165) is 47.9 Å². The number of fused-ring (bicyclic) bond motifs is 1. The SMILES string of the molecule is CC1=CC[C@H]2c3c4ccc(c3OC(=O)[C@@]2([N+](=O)[O-])[C@@H]1C)CCc1ccc(cc1)CC4. The zero-order valence-corrected chi connectivity index (χ0v) is 17.3. The molecule has 2 aromatic carbocycles. The summed E-state index contributed by atoms with van der Waals surface area (Å²) in [7, 11) is 0. The number of hydrogen-bond acceptors (Lipinski definition) is 4. The number of allylic oxidation sites excluding steroid dienone is 1. The topological polar surface area (TPSA) is 69.4 Å². The van der Waals surface area contributed by atoms with Crippen LogP contribution in [0, 0.1) is 16.0 Å². The molecule has 1 heterocycles. The molecule has 5 heteroatoms. The van der Waals surface area contributed by atoms with Gasteiger partial charge in [0.2, 0.25) is 0 Å². The van der Waals surface area contributed by atoms with Gasteiger partial charge >= 0.3 is 11.5 Å². The quantitative estimate of drug-likeness (QED) is 0.230. The zero-order valence-electron chi connectivity index (χ0n) is 17.3. The van der Waals surface area contributed by atoms with E-state index in [9.17, 15) is 14.9 Å². The summed E-state index contributed by atoms with van der Waals surface area (Å²) in [6.45, 7) is 3.66. The van der Waals surface area contributed by atoms with E-state index in [2.05, 4.69) is 36.4 Å². The molecule has 5 nitrogen and oxygen atoms in total. The Bertz CT molecular complexity index is 1090. The summed E-state index contributed by atoms with van der Waals surface area (Å²) >= 11 is 0. The third-order valence-corrected chi connectivity index (χ3v) is 7.48. The summed E-state index contributed by atoms with van der Waals surface area (Å²) < 4.78 is 5.87. The number of benzene rings is 2. The number of rotatable bonds is 1. The number of esters is 1. The molecular weight excluding hydrogens is 378 g/mol. The molecule has 0 amide bonds. The third-order valence-electron chi connectivity index (χ3n) is 7.48. The molecule has 0 fully saturated rings. The molecule has 0 aromatic heterocycles. The van der Waals surface area contributed by atoms with Gasteiger partial charge in [-0.3, -0.25) is 10.1 Å². The van der Waals surface area contributed by atoms with Crippen molar-refractivity contribution >= 4 is 5.97 Å². The molecule has 0 N–H and O–H groups in total. The molecule has 6 aliphatic rings. The smallest absolute Gasteiger partial charge is 0.391 e. The Labute approximate surface area is 175 Å². The molecule has 2 aromatic rings. The molecule has 0 saturated carbocycles. The fourth-order valence-corrected chi connectivity index (χ4v) is 5.53. The lowest BCUT2D eigenvalue weighted by atomic mass is 9.62. The summed E-state index contributed by atoms with van der Waals surface area (Å²) in [4.78, 5) is 25.3. The van der Waals surface area contributed by atoms with Crippen LogP contribution in [0.4, 0.5) is 0 Å². The van der Waals surface area contributed by atoms with Crippen LogP contribution in [0.5, 0.6) is 5.75 Å². The van der Waals surface area contributed by atoms with Crippen LogP contribution in [0.3, 0.4) is 0 Å². The van der Waals surface area contributed by atoms with Crippen LogP contribution in [-0.4, -0.2) is 16.4 Å². The van der Waals surface area contributed by atoms with E-state index in [0.29, 0.717) is 12.2 Å². The molecule has 0 radical (unpaired) electrons. The standard InChI is InChI=1S/C25H25NO4/c1-15-3-14-21-22-19-10-8-17-4-6-18(7-5-17)9-11-20(13-12-19)23(22)30-24(27)25(21,16(15)2)26(28)29/h3-7,12-13,16,21H,8-11,14H2,1-2H3/t16-,21+,25-/m1/s1. The maximum atomic E-state index is 13.3. The highest BCUT2D eigenvalue weighted by Gasteiger charge is 2.67. The minimum absolute atomic E-state index is 0.373. The van der Waals surface area contributed by atoms with Crippen molar-refractivity contribution in [3.63, 3.8) is 0 Å². The highest BCUT2D eigenvalue weighted by Crippen LogP contribution is 2.54. The minimum Gasteiger partial charge on any atom is -0.421 e. The lowest BCUT2D eigenvalue weighted by Gasteiger charge is -2.43. The first-order valence-electron chi connectivity index (χ1n) is 10.7. The van der Waals surface area contributed by atoms with Crippen LogP contribution in [0.2, 0.25) is 0 Å². The van der Waals surface area contributed by atoms with Gasteiger partial charge in [-0.05, 0) is 61.3 Å². The summed E-state index contributed by atoms with van der Waals surface area (Å²) in [6.07, 6.45) is 5.74. The first-order valence-corrected chi connectivity index (χ1v) is 10.7. The number of nitrogens with zero attached hydrogens (tertiary/aromatic N) is 1. The Morgan fingerprint density at radius 2 is 1.60 bits per heavy atom. The third kappa shape index (κ3) is 2.57. The number of aryl methyl sites for hydroxylation is 4. The van der Waals surface area contributed by atoms with Crippen molar-refractivity contribution in [3.05, 3.63) is 86.0 Å². The molecule has 0 unspecified atom stereocenters. The van der Waals surface area contributed by atoms with Crippen LogP contribution in [0.25, 0.3) is 0 Å². The molecule has 5 aliphatic carbocycles. The average molecular weight is 403 g/mol. The predicted molar refractivity (Wildman–Crippen MR) is 113 cm³/mol. The van der Waals surface area contributed by atoms with Gasteiger partial charge in [0.1, 0.15) is 5.75 Å². The van der Waals surface area contributed by atoms with Gasteiger partial charge in [0, 0.05) is 10.5 Å². The highest BCUT2D eigenvalue weighted by atomic mass is 16.6. The van der Waals surface area contributed by atoms with Gasteiger partial charge in [-0.25, -0.2) is 4.79 Å². The van der Waals surface area contributed by atoms with E-state index in [1.165, 1.54) is 11.1 Å². The van der Waals surface area contributed by atoms with Gasteiger partial charge in [0.25, 0.3) is 0 Å². The van der Waals surface area contributed by atoms with Gasteiger partial charge in [0.15, 0.2) is 0 Å². The Kier molecular flexibility index (Phi) is 4.31. The van der Waals surface area contributed by atoms with Crippen molar-refractivity contribution in [2.75, 3.05) is 0 Å². The first kappa shape index (κ1) is 19.0. The summed E-state index contributed by atoms with van der Waals surface area (Å²) in [5, 5.41) is 12.4. The monoisotopic (exact) mass is 403 g/mol. The van der Waals surface area contributed by atoms with Crippen molar-refractivity contribution in [3.8, 4) is 5.75 Å². The Morgan fingerprint density at radius 1 is 1.00 bits per heavy atom. The number of carbonyl (C=O) groups excluding carboxylic acids is 1. The van der Waals surface area contributed by atoms with E-state index in [1.807, 2.05) is 13.0 Å². The Morgan fingerprint density at radius 3 is 2.23 bits per heavy atom. The van der Waals surface area contributed by atoms with Gasteiger partial charge < -0.3 is 4.74 Å². The van der Waals surface area contributed by atoms with E-state index in [1.54, 1.807) is 6.92 Å². The molecule has 3 atom stereocenters. The summed E-state index contributed by atoms with van der Waals surface area (Å²) in [6, 6.07) is 12.8. The summed E-state index contributed by atoms with van der Waals surface area (Å²) in [5.41, 5.74) is 4.52. The van der Waals surface area contributed by atoms with E-state index in [-0.39, 0.29) is 4.92 Å². The average Bonchev–Trinajstić information content (AvgIpc) is 2.72. The first-order chi connectivity index (χ1) is 14.4. The fourth-order valence-electron chi connectivity index (χ4n) is 5.53. The predicted octanol–water partition coefficient (Wildman–Crippen LogP) is 4.57. The highest BCUT2D eigenvalue weighted by molar-refractivity contribution is 5.88. The maximum Gasteiger partial charge on any atom is 0.391 e. The number of carbonyl (C=O) groups is 1. The van der Waals surface area contributed by atoms with Crippen LogP contribution >= 0.6 is 0 Å². The number of ether oxygens (including phenoxy) is 1. The Hall–Kier alpha value is -2.95. The van der Waals surface area contributed by atoms with E-state index < -0.39 is 23.3 Å². The second kappa shape index (κ2) is 6.79. The normalized spacial score (nSPS) is 27.3. The second-order valence-electron chi connectivity index (χ2n) is 8.87. The zero-order chi connectivity index (χ0) is 21.0. The molecule has 1 aliphatic heterocycles. The van der Waals surface area contributed by atoms with Gasteiger partial charge in [0.05, 0.1) is 11.8 Å². The van der Waals surface area contributed by atoms with Gasteiger partial charge in [-0.15, -0.1) is 0 Å². The van der Waals surface area contributed by atoms with Crippen molar-refractivity contribution in [2.45, 2.75) is 57.4 Å². The largest absolute Gasteiger partial charge is 0.421 e. The molecule has 30 heavy (non-hydrogen) atoms. The second-order valence-corrected chi connectivity index (χ2v) is 8.87. The van der Waals surface area contributed by atoms with Crippen molar-refractivity contribution in [1.29, 1.82) is 0 Å². The van der Waals surface area contributed by atoms with Crippen LogP contribution in [0.1, 0.15) is 54.0 Å². The van der Waals surface area contributed by atoms with Crippen molar-refractivity contribution in [1.82, 2.24) is 0 Å². The Balaban J connectivity index is 1.72. The van der Waals surface area contributed by atoms with Gasteiger partial charge in [-0.1, -0.05) is 55.0 Å². The fraction of sp³-hybridized carbons (Fsp3) is 0.400. The van der Waals surface area contributed by atoms with Crippen molar-refractivity contribution < 1.29 is 14.5 Å². The molecule has 154 valence electrons. The van der Waals surface area contributed by atoms with Crippen LogP contribution in [-0.2, 0) is 30.5 Å². The number of nitro groups is 1. The lowest BCUT2D eigenvalue weighted by molar-refractivity contribution is -0.569. The molecule has 0 saturated heterocycles. The molecule has 8 rings (SSSR count). The van der Waals surface area contributed by atoms with Gasteiger partial charge in [-0.2, -0.15) is 0 Å². The van der Waals surface area contributed by atoms with Crippen LogP contribution in [0.15, 0.2) is 48.0 Å². The van der Waals surface area contributed by atoms with E-state index in [4.69, 9.17) is 4.74 Å². The molecule has 4 bridgehead atoms. The lowest BCUT2D eigenvalue weighted by Crippen LogP contribution is -2.61. The maximum absolute atomic E-state index is 13.3. The number of hydrogen-bond donors (Lipinski definition) is 0.